The van der Waals surface area contributed by atoms with Gasteiger partial charge in [-0.3, -0.25) is 4.79 Å². The molecule has 3 nitrogen and oxygen atoms in total. The molecule has 0 radical (unpaired) electrons. The van der Waals surface area contributed by atoms with Crippen molar-refractivity contribution in [2.24, 2.45) is 11.1 Å². The van der Waals surface area contributed by atoms with Crippen LogP contribution in [0.2, 0.25) is 0 Å². The second-order valence-corrected chi connectivity index (χ2v) is 5.38. The van der Waals surface area contributed by atoms with Crippen LogP contribution in [-0.4, -0.2) is 18.5 Å². The normalized spacial score (nSPS) is 13.2. The number of halogens is 3. The molecule has 1 atom stereocenters. The minimum atomic E-state index is -1.59. The predicted octanol–water partition coefficient (Wildman–Crippen LogP) is 2.21. The van der Waals surface area contributed by atoms with E-state index in [0.29, 0.717) is 12.1 Å². The number of nitrogens with one attached hydrogen (secondary N) is 1. The summed E-state index contributed by atoms with van der Waals surface area (Å²) < 4.78 is 38.9. The molecule has 1 unspecified atom stereocenters. The van der Waals surface area contributed by atoms with Crippen molar-refractivity contribution >= 4 is 5.91 Å². The third-order valence-electron chi connectivity index (χ3n) is 2.83. The molecule has 0 heterocycles. The van der Waals surface area contributed by atoms with Crippen LogP contribution in [0.15, 0.2) is 12.1 Å². The van der Waals surface area contributed by atoms with Crippen molar-refractivity contribution in [3.05, 3.63) is 35.1 Å². The monoisotopic (exact) mass is 274 g/mol. The molecule has 0 saturated heterocycles. The lowest BCUT2D eigenvalue weighted by atomic mass is 9.86. The largest absolute Gasteiger partial charge is 0.348 e. The van der Waals surface area contributed by atoms with E-state index in [1.165, 1.54) is 0 Å². The Morgan fingerprint density at radius 1 is 1.26 bits per heavy atom. The van der Waals surface area contributed by atoms with Crippen LogP contribution in [-0.2, 0) is 0 Å². The second-order valence-electron chi connectivity index (χ2n) is 5.38. The van der Waals surface area contributed by atoms with Gasteiger partial charge in [-0.15, -0.1) is 0 Å². The number of carbonyl (C=O) groups excluding carboxylic acids is 1. The molecule has 3 N–H and O–H groups in total. The van der Waals surface area contributed by atoms with Crippen molar-refractivity contribution in [2.45, 2.75) is 26.8 Å². The Balaban J connectivity index is 2.96. The highest BCUT2D eigenvalue weighted by Crippen LogP contribution is 2.19. The molecule has 1 aromatic carbocycles. The molecule has 0 aliphatic carbocycles. The summed E-state index contributed by atoms with van der Waals surface area (Å²) in [5, 5.41) is 2.58. The van der Waals surface area contributed by atoms with Gasteiger partial charge in [0.15, 0.2) is 17.5 Å². The van der Waals surface area contributed by atoms with Crippen molar-refractivity contribution in [2.75, 3.05) is 6.54 Å². The maximum atomic E-state index is 13.0. The smallest absolute Gasteiger partial charge is 0.251 e. The van der Waals surface area contributed by atoms with Crippen LogP contribution in [0.4, 0.5) is 13.2 Å². The van der Waals surface area contributed by atoms with E-state index in [1.54, 1.807) is 0 Å². The van der Waals surface area contributed by atoms with Crippen molar-refractivity contribution in [3.8, 4) is 0 Å². The van der Waals surface area contributed by atoms with Gasteiger partial charge in [0, 0.05) is 18.2 Å². The third-order valence-corrected chi connectivity index (χ3v) is 2.83. The van der Waals surface area contributed by atoms with Crippen molar-refractivity contribution in [3.63, 3.8) is 0 Å². The van der Waals surface area contributed by atoms with E-state index in [9.17, 15) is 18.0 Å². The van der Waals surface area contributed by atoms with Crippen LogP contribution < -0.4 is 11.1 Å². The molecule has 1 aromatic rings. The van der Waals surface area contributed by atoms with Gasteiger partial charge in [-0.05, 0) is 17.5 Å². The molecule has 0 saturated carbocycles. The molecule has 0 spiro atoms. The number of benzene rings is 1. The van der Waals surface area contributed by atoms with Gasteiger partial charge >= 0.3 is 0 Å². The molecule has 19 heavy (non-hydrogen) atoms. The molecule has 0 aliphatic heterocycles. The molecule has 6 heteroatoms. The Labute approximate surface area is 110 Å². The van der Waals surface area contributed by atoms with Gasteiger partial charge in [-0.2, -0.15) is 0 Å². The number of rotatable bonds is 3. The minimum Gasteiger partial charge on any atom is -0.348 e. The summed E-state index contributed by atoms with van der Waals surface area (Å²) in [6.45, 7) is 5.80. The third kappa shape index (κ3) is 3.70. The Kier molecular flexibility index (Phi) is 4.57. The fourth-order valence-corrected chi connectivity index (χ4v) is 1.56. The topological polar surface area (TPSA) is 55.1 Å². The molecule has 106 valence electrons. The van der Waals surface area contributed by atoms with Gasteiger partial charge in [0.2, 0.25) is 0 Å². The number of hydrogen-bond acceptors (Lipinski definition) is 2. The maximum absolute atomic E-state index is 13.0. The lowest BCUT2D eigenvalue weighted by molar-refractivity contribution is 0.0904. The molecule has 1 rings (SSSR count). The SMILES string of the molecule is CC(C)(C)C(CN)NC(=O)c1cc(F)c(F)c(F)c1. The first-order valence-corrected chi connectivity index (χ1v) is 5.82. The van der Waals surface area contributed by atoms with Gasteiger partial charge in [-0.1, -0.05) is 20.8 Å². The van der Waals surface area contributed by atoms with Crippen molar-refractivity contribution < 1.29 is 18.0 Å². The average molecular weight is 274 g/mol. The molecule has 1 amide bonds. The predicted molar refractivity (Wildman–Crippen MR) is 66.1 cm³/mol. The fourth-order valence-electron chi connectivity index (χ4n) is 1.56. The summed E-state index contributed by atoms with van der Waals surface area (Å²) in [5.41, 5.74) is 4.96. The first-order valence-electron chi connectivity index (χ1n) is 5.82. The van der Waals surface area contributed by atoms with E-state index in [4.69, 9.17) is 5.73 Å². The summed E-state index contributed by atoms with van der Waals surface area (Å²) in [6.07, 6.45) is 0. The fraction of sp³-hybridized carbons (Fsp3) is 0.462. The first kappa shape index (κ1) is 15.5. The Hall–Kier alpha value is -1.56. The van der Waals surface area contributed by atoms with E-state index in [-0.39, 0.29) is 23.6 Å². The first-order chi connectivity index (χ1) is 8.66. The lowest BCUT2D eigenvalue weighted by Crippen LogP contribution is -2.48. The number of amides is 1. The summed E-state index contributed by atoms with van der Waals surface area (Å²) in [5.74, 6) is -5.08. The molecule has 0 aliphatic rings. The average Bonchev–Trinajstić information content (AvgIpc) is 2.30. The van der Waals surface area contributed by atoms with Gasteiger partial charge in [0.25, 0.3) is 5.91 Å². The van der Waals surface area contributed by atoms with Crippen LogP contribution in [0.1, 0.15) is 31.1 Å². The summed E-state index contributed by atoms with van der Waals surface area (Å²) in [4.78, 5) is 11.9. The zero-order valence-electron chi connectivity index (χ0n) is 11.1. The highest BCUT2D eigenvalue weighted by molar-refractivity contribution is 5.94. The number of carbonyl (C=O) groups is 1. The Morgan fingerprint density at radius 3 is 2.11 bits per heavy atom. The second kappa shape index (κ2) is 5.61. The van der Waals surface area contributed by atoms with Crippen molar-refractivity contribution in [1.82, 2.24) is 5.32 Å². The highest BCUT2D eigenvalue weighted by atomic mass is 19.2. The molecular formula is C13H17F3N2O. The zero-order chi connectivity index (χ0) is 14.8. The van der Waals surface area contributed by atoms with Crippen LogP contribution >= 0.6 is 0 Å². The summed E-state index contributed by atoms with van der Waals surface area (Å²) in [6, 6.07) is 0.949. The standard InChI is InChI=1S/C13H17F3N2O/c1-13(2,3)10(6-17)18-12(19)7-4-8(14)11(16)9(15)5-7/h4-5,10H,6,17H2,1-3H3,(H,18,19). The van der Waals surface area contributed by atoms with E-state index in [0.717, 1.165) is 0 Å². The van der Waals surface area contributed by atoms with E-state index in [2.05, 4.69) is 5.32 Å². The van der Waals surface area contributed by atoms with E-state index < -0.39 is 23.4 Å². The quantitative estimate of drug-likeness (QED) is 0.830. The van der Waals surface area contributed by atoms with Gasteiger partial charge in [-0.25, -0.2) is 13.2 Å². The van der Waals surface area contributed by atoms with Crippen LogP contribution in [0, 0.1) is 22.9 Å². The molecule has 0 fully saturated rings. The van der Waals surface area contributed by atoms with Crippen LogP contribution in [0.25, 0.3) is 0 Å². The van der Waals surface area contributed by atoms with Gasteiger partial charge in [0.1, 0.15) is 0 Å². The van der Waals surface area contributed by atoms with E-state index in [1.807, 2.05) is 20.8 Å². The maximum Gasteiger partial charge on any atom is 0.251 e. The summed E-state index contributed by atoms with van der Waals surface area (Å²) >= 11 is 0. The number of hydrogen-bond donors (Lipinski definition) is 2. The van der Waals surface area contributed by atoms with Crippen LogP contribution in [0.5, 0.6) is 0 Å². The number of nitrogens with two attached hydrogens (primary N) is 1. The van der Waals surface area contributed by atoms with E-state index >= 15 is 0 Å². The summed E-state index contributed by atoms with van der Waals surface area (Å²) in [7, 11) is 0. The highest BCUT2D eigenvalue weighted by Gasteiger charge is 2.26. The Bertz CT molecular complexity index is 460. The van der Waals surface area contributed by atoms with Gasteiger partial charge in [0.05, 0.1) is 0 Å². The van der Waals surface area contributed by atoms with Gasteiger partial charge < -0.3 is 11.1 Å². The minimum absolute atomic E-state index is 0.182. The zero-order valence-corrected chi connectivity index (χ0v) is 11.1. The molecule has 0 aromatic heterocycles. The Morgan fingerprint density at radius 2 is 1.74 bits per heavy atom. The van der Waals surface area contributed by atoms with Crippen molar-refractivity contribution in [1.29, 1.82) is 0 Å². The molecule has 0 bridgehead atoms. The van der Waals surface area contributed by atoms with Crippen LogP contribution in [0.3, 0.4) is 0 Å². The molecular weight excluding hydrogens is 257 g/mol. The lowest BCUT2D eigenvalue weighted by Gasteiger charge is -2.30.